The first-order chi connectivity index (χ1) is 21.6. The molecule has 0 radical (unpaired) electrons. The van der Waals surface area contributed by atoms with Gasteiger partial charge in [-0.3, -0.25) is 4.90 Å². The van der Waals surface area contributed by atoms with Crippen molar-refractivity contribution in [2.75, 3.05) is 39.3 Å². The Labute approximate surface area is 265 Å². The number of hydrogen-bond acceptors (Lipinski definition) is 8. The molecule has 0 bridgehead atoms. The number of carboxylic acid groups (broad SMARTS) is 4. The van der Waals surface area contributed by atoms with Crippen LogP contribution >= 0.6 is 0 Å². The quantitative estimate of drug-likeness (QED) is 0.128. The van der Waals surface area contributed by atoms with Gasteiger partial charge < -0.3 is 30.2 Å². The van der Waals surface area contributed by atoms with Crippen molar-refractivity contribution < 1.29 is 44.4 Å². The third kappa shape index (κ3) is 21.1. The smallest absolute Gasteiger partial charge is 0.328 e. The van der Waals surface area contributed by atoms with Crippen molar-refractivity contribution in [1.29, 1.82) is 0 Å². The summed E-state index contributed by atoms with van der Waals surface area (Å²) >= 11 is 0. The second-order valence-corrected chi connectivity index (χ2v) is 10.4. The summed E-state index contributed by atoms with van der Waals surface area (Å²) in [5.41, 5.74) is 4.07. The van der Waals surface area contributed by atoms with Crippen LogP contribution in [-0.2, 0) is 30.6 Å². The fourth-order valence-electron chi connectivity index (χ4n) is 4.49. The Hall–Kier alpha value is -4.29. The third-order valence-corrected chi connectivity index (χ3v) is 6.76. The third-order valence-electron chi connectivity index (χ3n) is 6.76. The van der Waals surface area contributed by atoms with Crippen molar-refractivity contribution in [3.8, 4) is 0 Å². The molecule has 12 nitrogen and oxygen atoms in total. The summed E-state index contributed by atoms with van der Waals surface area (Å²) < 4.78 is 0. The van der Waals surface area contributed by atoms with E-state index < -0.39 is 23.9 Å². The summed E-state index contributed by atoms with van der Waals surface area (Å²) in [4.78, 5) is 49.0. The topological polar surface area (TPSA) is 177 Å². The van der Waals surface area contributed by atoms with Crippen LogP contribution in [0.5, 0.6) is 0 Å². The van der Waals surface area contributed by atoms with Gasteiger partial charge in [0.2, 0.25) is 0 Å². The number of piperazine rings is 1. The van der Waals surface area contributed by atoms with E-state index in [-0.39, 0.29) is 0 Å². The van der Waals surface area contributed by atoms with Crippen LogP contribution in [0.4, 0.5) is 0 Å². The van der Waals surface area contributed by atoms with E-state index in [1.807, 2.05) is 0 Å². The van der Waals surface area contributed by atoms with Crippen molar-refractivity contribution in [2.24, 2.45) is 5.16 Å². The minimum absolute atomic E-state index is 0.558. The molecular weight excluding hydrogens is 582 g/mol. The summed E-state index contributed by atoms with van der Waals surface area (Å²) in [5, 5.41) is 35.8. The number of rotatable bonds is 14. The highest BCUT2D eigenvalue weighted by molar-refractivity contribution is 6.00. The zero-order valence-corrected chi connectivity index (χ0v) is 26.1. The second-order valence-electron chi connectivity index (χ2n) is 10.4. The predicted molar refractivity (Wildman–Crippen MR) is 171 cm³/mol. The minimum atomic E-state index is -1.26. The van der Waals surface area contributed by atoms with Crippen LogP contribution in [0.2, 0.25) is 0 Å². The van der Waals surface area contributed by atoms with Gasteiger partial charge in [-0.05, 0) is 49.7 Å². The molecule has 0 aromatic heterocycles. The van der Waals surface area contributed by atoms with Crippen molar-refractivity contribution in [1.82, 2.24) is 9.80 Å². The highest BCUT2D eigenvalue weighted by Gasteiger charge is 2.17. The molecule has 0 unspecified atom stereocenters. The van der Waals surface area contributed by atoms with Crippen LogP contribution in [-0.4, -0.2) is 99.1 Å². The largest absolute Gasteiger partial charge is 0.478 e. The number of nitrogens with zero attached hydrogens (tertiary/aromatic N) is 3. The standard InChI is InChI=1S/C25H39N3O.2C4H4O4/c1-2-3-5-13-24-14-8-9-15-25(24)26-29-21-10-16-27-17-19-28(20-18-27)22-23-11-6-4-7-12-23;2*5-3(6)1-2-4(7)8/h4,6-7,11-13H,2-3,5,8-10,14-22H2,1H3;2*1-2H,(H,5,6)(H,7,8)/b24-13+,26-25+;2*2-1+. The zero-order chi connectivity index (χ0) is 33.3. The lowest BCUT2D eigenvalue weighted by Gasteiger charge is -2.34. The number of carbonyl (C=O) groups is 4. The molecule has 4 N–H and O–H groups in total. The first kappa shape index (κ1) is 38.7. The molecular formula is C33H47N3O9. The number of carboxylic acids is 4. The van der Waals surface area contributed by atoms with Gasteiger partial charge in [-0.25, -0.2) is 19.2 Å². The van der Waals surface area contributed by atoms with E-state index in [2.05, 4.69) is 58.3 Å². The molecule has 45 heavy (non-hydrogen) atoms. The number of benzene rings is 1. The van der Waals surface area contributed by atoms with Gasteiger partial charge in [0.05, 0.1) is 5.71 Å². The van der Waals surface area contributed by atoms with Crippen LogP contribution in [0.3, 0.4) is 0 Å². The van der Waals surface area contributed by atoms with Crippen molar-refractivity contribution in [3.63, 3.8) is 0 Å². The predicted octanol–water partition coefficient (Wildman–Crippen LogP) is 4.68. The van der Waals surface area contributed by atoms with Gasteiger partial charge in [0.1, 0.15) is 6.61 Å². The lowest BCUT2D eigenvalue weighted by atomic mass is 9.92. The van der Waals surface area contributed by atoms with Crippen LogP contribution in [0, 0.1) is 0 Å². The number of allylic oxidation sites excluding steroid dienone is 2. The molecule has 1 saturated heterocycles. The number of unbranched alkanes of at least 4 members (excludes halogenated alkanes) is 2. The molecule has 0 amide bonds. The molecule has 0 atom stereocenters. The Morgan fingerprint density at radius 2 is 1.31 bits per heavy atom. The van der Waals surface area contributed by atoms with E-state index in [1.165, 1.54) is 55.4 Å². The van der Waals surface area contributed by atoms with E-state index in [1.54, 1.807) is 0 Å². The average Bonchev–Trinajstić information content (AvgIpc) is 3.01. The molecule has 1 aliphatic heterocycles. The van der Waals surface area contributed by atoms with Crippen molar-refractivity contribution in [2.45, 2.75) is 64.8 Å². The highest BCUT2D eigenvalue weighted by atomic mass is 16.6. The summed E-state index contributed by atoms with van der Waals surface area (Å²) in [6.07, 6.45) is 14.2. The molecule has 248 valence electrons. The van der Waals surface area contributed by atoms with E-state index in [9.17, 15) is 19.2 Å². The Balaban J connectivity index is 0.000000521. The maximum Gasteiger partial charge on any atom is 0.328 e. The molecule has 1 aromatic carbocycles. The molecule has 12 heteroatoms. The van der Waals surface area contributed by atoms with Crippen LogP contribution in [0.25, 0.3) is 0 Å². The van der Waals surface area contributed by atoms with E-state index >= 15 is 0 Å². The molecule has 1 heterocycles. The first-order valence-electron chi connectivity index (χ1n) is 15.2. The number of oxime groups is 1. The highest BCUT2D eigenvalue weighted by Crippen LogP contribution is 2.22. The zero-order valence-electron chi connectivity index (χ0n) is 26.1. The number of aliphatic carboxylic acids is 4. The second kappa shape index (κ2) is 24.1. The van der Waals surface area contributed by atoms with Gasteiger partial charge in [-0.2, -0.15) is 0 Å². The van der Waals surface area contributed by atoms with E-state index in [0.717, 1.165) is 58.7 Å². The Morgan fingerprint density at radius 1 is 0.778 bits per heavy atom. The van der Waals surface area contributed by atoms with Crippen molar-refractivity contribution >= 4 is 29.6 Å². The summed E-state index contributed by atoms with van der Waals surface area (Å²) in [6.45, 7) is 9.80. The van der Waals surface area contributed by atoms with Crippen molar-refractivity contribution in [3.05, 3.63) is 71.8 Å². The van der Waals surface area contributed by atoms with Gasteiger partial charge in [-0.15, -0.1) is 0 Å². The molecule has 1 aromatic rings. The van der Waals surface area contributed by atoms with Crippen LogP contribution in [0.15, 0.2) is 71.4 Å². The fourth-order valence-corrected chi connectivity index (χ4v) is 4.49. The Morgan fingerprint density at radius 3 is 1.84 bits per heavy atom. The monoisotopic (exact) mass is 629 g/mol. The van der Waals surface area contributed by atoms with Crippen LogP contribution < -0.4 is 0 Å². The summed E-state index contributed by atoms with van der Waals surface area (Å²) in [7, 11) is 0. The lowest BCUT2D eigenvalue weighted by Crippen LogP contribution is -2.46. The summed E-state index contributed by atoms with van der Waals surface area (Å²) in [5.74, 6) is -5.03. The number of hydrogen-bond donors (Lipinski definition) is 4. The van der Waals surface area contributed by atoms with E-state index in [4.69, 9.17) is 25.3 Å². The summed E-state index contributed by atoms with van der Waals surface area (Å²) in [6, 6.07) is 10.8. The van der Waals surface area contributed by atoms with Crippen LogP contribution in [0.1, 0.15) is 63.9 Å². The molecule has 0 spiro atoms. The van der Waals surface area contributed by atoms with Gasteiger partial charge in [0, 0.05) is 63.6 Å². The molecule has 2 fully saturated rings. The molecule has 2 aliphatic rings. The first-order valence-corrected chi connectivity index (χ1v) is 15.2. The van der Waals surface area contributed by atoms with Gasteiger partial charge in [-0.1, -0.05) is 61.3 Å². The maximum atomic E-state index is 9.55. The lowest BCUT2D eigenvalue weighted by molar-refractivity contribution is -0.134. The minimum Gasteiger partial charge on any atom is -0.478 e. The van der Waals surface area contributed by atoms with E-state index in [0.29, 0.717) is 24.3 Å². The SMILES string of the molecule is CCCC/C=C1\CCCC\C1=N/OCCCN1CCN(Cc2ccccc2)CC1.O=C(O)/C=C/C(=O)O.O=C(O)/C=C/C(=O)O. The molecule has 1 aliphatic carbocycles. The Kier molecular flexibility index (Phi) is 20.7. The average molecular weight is 630 g/mol. The maximum absolute atomic E-state index is 9.55. The molecule has 3 rings (SSSR count). The Bertz CT molecular complexity index is 1090. The van der Waals surface area contributed by atoms with Gasteiger partial charge in [0.25, 0.3) is 0 Å². The normalized spacial score (nSPS) is 17.4. The fraction of sp³-hybridized carbons (Fsp3) is 0.485. The molecule has 1 saturated carbocycles. The van der Waals surface area contributed by atoms with Gasteiger partial charge >= 0.3 is 23.9 Å². The van der Waals surface area contributed by atoms with Gasteiger partial charge in [0.15, 0.2) is 0 Å².